The topological polar surface area (TPSA) is 48.2 Å². The first-order valence-corrected chi connectivity index (χ1v) is 3.28. The molecule has 10 heavy (non-hydrogen) atoms. The number of rotatable bonds is 1. The van der Waals surface area contributed by atoms with Crippen molar-refractivity contribution >= 4 is 0 Å². The Morgan fingerprint density at radius 3 is 2.80 bits per heavy atom. The van der Waals surface area contributed by atoms with Crippen molar-refractivity contribution in [3.63, 3.8) is 0 Å². The van der Waals surface area contributed by atoms with E-state index in [1.54, 1.807) is 6.92 Å². The number of aryl methyl sites for hydroxylation is 1. The molecule has 4 nitrogen and oxygen atoms in total. The second-order valence-electron chi connectivity index (χ2n) is 2.33. The van der Waals surface area contributed by atoms with Gasteiger partial charge in [-0.15, -0.1) is 0 Å². The second-order valence-corrected chi connectivity index (χ2v) is 2.33. The van der Waals surface area contributed by atoms with Crippen LogP contribution in [0.15, 0.2) is 4.52 Å². The molecule has 0 spiro atoms. The first kappa shape index (κ1) is 5.85. The Morgan fingerprint density at radius 2 is 2.40 bits per heavy atom. The summed E-state index contributed by atoms with van der Waals surface area (Å²) in [7, 11) is 0. The zero-order valence-electron chi connectivity index (χ0n) is 5.70. The fraction of sp³-hybridized carbons (Fsp3) is 0.667. The van der Waals surface area contributed by atoms with Crippen molar-refractivity contribution < 1.29 is 9.26 Å². The van der Waals surface area contributed by atoms with Crippen LogP contribution in [-0.4, -0.2) is 16.7 Å². The molecule has 0 bridgehead atoms. The van der Waals surface area contributed by atoms with Gasteiger partial charge in [0.25, 0.3) is 5.89 Å². The van der Waals surface area contributed by atoms with E-state index in [1.807, 2.05) is 0 Å². The van der Waals surface area contributed by atoms with Gasteiger partial charge in [-0.05, 0) is 6.92 Å². The fourth-order valence-corrected chi connectivity index (χ4v) is 0.874. The maximum Gasteiger partial charge on any atom is 0.255 e. The number of ether oxygens (including phenoxy) is 1. The van der Waals surface area contributed by atoms with Crippen LogP contribution in [0.5, 0.6) is 0 Å². The molecule has 0 radical (unpaired) electrons. The van der Waals surface area contributed by atoms with Crippen LogP contribution in [0, 0.1) is 6.92 Å². The summed E-state index contributed by atoms with van der Waals surface area (Å²) < 4.78 is 10.0. The Balaban J connectivity index is 2.17. The van der Waals surface area contributed by atoms with Crippen molar-refractivity contribution in [3.05, 3.63) is 11.7 Å². The minimum absolute atomic E-state index is 0.0706. The zero-order valence-corrected chi connectivity index (χ0v) is 5.70. The average molecular weight is 140 g/mol. The van der Waals surface area contributed by atoms with Crippen molar-refractivity contribution in [3.8, 4) is 0 Å². The molecule has 2 heterocycles. The predicted octanol–water partition coefficient (Wildman–Crippen LogP) is 0.839. The van der Waals surface area contributed by atoms with E-state index in [9.17, 15) is 0 Å². The van der Waals surface area contributed by atoms with E-state index in [-0.39, 0.29) is 6.10 Å². The molecule has 2 rings (SSSR count). The highest BCUT2D eigenvalue weighted by Crippen LogP contribution is 2.27. The molecule has 1 aromatic rings. The van der Waals surface area contributed by atoms with Gasteiger partial charge in [0.1, 0.15) is 6.10 Å². The van der Waals surface area contributed by atoms with Gasteiger partial charge in [-0.3, -0.25) is 0 Å². The third-order valence-electron chi connectivity index (χ3n) is 1.52. The predicted molar refractivity (Wildman–Crippen MR) is 32.3 cm³/mol. The Bertz CT molecular complexity index is 229. The fourth-order valence-electron chi connectivity index (χ4n) is 0.874. The minimum Gasteiger partial charge on any atom is -0.368 e. The van der Waals surface area contributed by atoms with Gasteiger partial charge in [0, 0.05) is 6.42 Å². The van der Waals surface area contributed by atoms with Crippen LogP contribution < -0.4 is 0 Å². The molecule has 1 aliphatic rings. The van der Waals surface area contributed by atoms with Crippen LogP contribution in [0.3, 0.4) is 0 Å². The smallest absolute Gasteiger partial charge is 0.255 e. The summed E-state index contributed by atoms with van der Waals surface area (Å²) in [5.41, 5.74) is 0. The molecule has 1 saturated heterocycles. The number of hydrogen-bond donors (Lipinski definition) is 0. The highest BCUT2D eigenvalue weighted by Gasteiger charge is 2.25. The lowest BCUT2D eigenvalue weighted by Crippen LogP contribution is -2.18. The highest BCUT2D eigenvalue weighted by atomic mass is 16.5. The van der Waals surface area contributed by atoms with Crippen molar-refractivity contribution in [1.29, 1.82) is 0 Å². The third-order valence-corrected chi connectivity index (χ3v) is 1.52. The van der Waals surface area contributed by atoms with Crippen LogP contribution in [0.25, 0.3) is 0 Å². The average Bonchev–Trinajstić information content (AvgIpc) is 2.10. The highest BCUT2D eigenvalue weighted by molar-refractivity contribution is 4.90. The van der Waals surface area contributed by atoms with Crippen LogP contribution in [0.1, 0.15) is 24.2 Å². The molecule has 4 heteroatoms. The monoisotopic (exact) mass is 140 g/mol. The summed E-state index contributed by atoms with van der Waals surface area (Å²) in [6.07, 6.45) is 1.07. The first-order valence-electron chi connectivity index (χ1n) is 3.28. The second kappa shape index (κ2) is 2.05. The lowest BCUT2D eigenvalue weighted by atomic mass is 10.2. The van der Waals surface area contributed by atoms with Crippen LogP contribution in [-0.2, 0) is 4.74 Å². The van der Waals surface area contributed by atoms with E-state index in [4.69, 9.17) is 9.26 Å². The Morgan fingerprint density at radius 1 is 1.60 bits per heavy atom. The lowest BCUT2D eigenvalue weighted by molar-refractivity contribution is -0.0700. The van der Waals surface area contributed by atoms with Gasteiger partial charge < -0.3 is 9.26 Å². The van der Waals surface area contributed by atoms with E-state index >= 15 is 0 Å². The van der Waals surface area contributed by atoms with E-state index in [0.717, 1.165) is 13.0 Å². The van der Waals surface area contributed by atoms with E-state index in [0.29, 0.717) is 11.7 Å². The summed E-state index contributed by atoms with van der Waals surface area (Å²) in [6, 6.07) is 0. The zero-order chi connectivity index (χ0) is 6.97. The summed E-state index contributed by atoms with van der Waals surface area (Å²) in [4.78, 5) is 4.03. The lowest BCUT2D eigenvalue weighted by Gasteiger charge is -2.21. The molecular formula is C6H8N2O2. The summed E-state index contributed by atoms with van der Waals surface area (Å²) in [5, 5.41) is 3.65. The maximum atomic E-state index is 5.13. The van der Waals surface area contributed by atoms with E-state index < -0.39 is 0 Å². The van der Waals surface area contributed by atoms with Crippen LogP contribution >= 0.6 is 0 Å². The Kier molecular flexibility index (Phi) is 1.20. The van der Waals surface area contributed by atoms with Crippen molar-refractivity contribution in [2.24, 2.45) is 0 Å². The molecule has 1 unspecified atom stereocenters. The number of aromatic nitrogens is 2. The van der Waals surface area contributed by atoms with Crippen LogP contribution in [0.4, 0.5) is 0 Å². The van der Waals surface area contributed by atoms with Gasteiger partial charge in [-0.2, -0.15) is 4.98 Å². The Hall–Kier alpha value is -0.900. The number of hydrogen-bond acceptors (Lipinski definition) is 4. The van der Waals surface area contributed by atoms with Gasteiger partial charge in [0.2, 0.25) is 0 Å². The molecule has 1 aliphatic heterocycles. The molecular weight excluding hydrogens is 132 g/mol. The molecule has 0 aliphatic carbocycles. The molecule has 0 saturated carbocycles. The van der Waals surface area contributed by atoms with Gasteiger partial charge in [0.15, 0.2) is 5.82 Å². The molecule has 1 fully saturated rings. The summed E-state index contributed by atoms with van der Waals surface area (Å²) >= 11 is 0. The third kappa shape index (κ3) is 0.806. The van der Waals surface area contributed by atoms with Gasteiger partial charge in [0.05, 0.1) is 6.61 Å². The van der Waals surface area contributed by atoms with Crippen molar-refractivity contribution in [2.45, 2.75) is 19.4 Å². The molecule has 0 aromatic carbocycles. The maximum absolute atomic E-state index is 5.13. The van der Waals surface area contributed by atoms with Gasteiger partial charge in [-0.25, -0.2) is 0 Å². The van der Waals surface area contributed by atoms with Crippen LogP contribution in [0.2, 0.25) is 0 Å². The number of nitrogens with zero attached hydrogens (tertiary/aromatic N) is 2. The SMILES string of the molecule is Cc1noc(C2CCO2)n1. The Labute approximate surface area is 58.2 Å². The normalized spacial score (nSPS) is 24.3. The summed E-state index contributed by atoms with van der Waals surface area (Å²) in [5.74, 6) is 1.29. The van der Waals surface area contributed by atoms with E-state index in [1.165, 1.54) is 0 Å². The molecule has 0 amide bonds. The molecule has 54 valence electrons. The summed E-state index contributed by atoms with van der Waals surface area (Å²) in [6.45, 7) is 2.61. The quantitative estimate of drug-likeness (QED) is 0.580. The minimum atomic E-state index is 0.0706. The van der Waals surface area contributed by atoms with Crippen molar-refractivity contribution in [2.75, 3.05) is 6.61 Å². The van der Waals surface area contributed by atoms with E-state index in [2.05, 4.69) is 10.1 Å². The standard InChI is InChI=1S/C6H8N2O2/c1-4-7-6(10-8-4)5-2-3-9-5/h5H,2-3H2,1H3. The first-order chi connectivity index (χ1) is 4.86. The van der Waals surface area contributed by atoms with Crippen molar-refractivity contribution in [1.82, 2.24) is 10.1 Å². The van der Waals surface area contributed by atoms with Gasteiger partial charge in [-0.1, -0.05) is 5.16 Å². The van der Waals surface area contributed by atoms with Gasteiger partial charge >= 0.3 is 0 Å². The molecule has 0 N–H and O–H groups in total. The largest absolute Gasteiger partial charge is 0.368 e. The molecule has 1 aromatic heterocycles. The molecule has 1 atom stereocenters.